The Balaban J connectivity index is 1.84. The van der Waals surface area contributed by atoms with Crippen molar-refractivity contribution in [2.45, 2.75) is 31.9 Å². The average Bonchev–Trinajstić information content (AvgIpc) is 2.83. The van der Waals surface area contributed by atoms with E-state index in [2.05, 4.69) is 0 Å². The van der Waals surface area contributed by atoms with Gasteiger partial charge in [0.15, 0.2) is 0 Å². The maximum atomic E-state index is 13.8. The lowest BCUT2D eigenvalue weighted by Gasteiger charge is -2.20. The number of hydrogen-bond acceptors (Lipinski definition) is 3. The molecule has 1 aliphatic heterocycles. The number of amides is 1. The Bertz CT molecular complexity index is 818. The number of pyridine rings is 1. The number of carbonyl (C=O) groups is 1. The van der Waals surface area contributed by atoms with Crippen LogP contribution in [-0.2, 0) is 6.54 Å². The topological polar surface area (TPSA) is 62.5 Å². The van der Waals surface area contributed by atoms with Crippen LogP contribution in [-0.4, -0.2) is 39.7 Å². The van der Waals surface area contributed by atoms with Gasteiger partial charge in [0.25, 0.3) is 11.5 Å². The molecule has 1 aromatic carbocycles. The van der Waals surface area contributed by atoms with Crippen LogP contribution < -0.4 is 5.56 Å². The molecule has 1 aromatic heterocycles. The summed E-state index contributed by atoms with van der Waals surface area (Å²) in [6, 6.07) is 9.40. The van der Waals surface area contributed by atoms with Crippen molar-refractivity contribution in [3.05, 3.63) is 69.9 Å². The average molecular weight is 344 g/mol. The molecule has 1 amide bonds. The van der Waals surface area contributed by atoms with Gasteiger partial charge in [-0.05, 0) is 37.5 Å². The van der Waals surface area contributed by atoms with Crippen LogP contribution in [0.4, 0.5) is 4.39 Å². The fourth-order valence-corrected chi connectivity index (χ4v) is 3.09. The van der Waals surface area contributed by atoms with Gasteiger partial charge in [-0.15, -0.1) is 0 Å². The lowest BCUT2D eigenvalue weighted by atomic mass is 10.2. The normalized spacial score (nSPS) is 18.0. The Kier molecular flexibility index (Phi) is 5.28. The van der Waals surface area contributed by atoms with Crippen molar-refractivity contribution in [3.63, 3.8) is 0 Å². The van der Waals surface area contributed by atoms with E-state index in [1.54, 1.807) is 35.4 Å². The van der Waals surface area contributed by atoms with Gasteiger partial charge in [0.05, 0.1) is 12.6 Å². The van der Waals surface area contributed by atoms with E-state index < -0.39 is 11.7 Å². The SMILES string of the molecule is O=C(c1cccn(Cc2ccccc2F)c1=O)N1CCCC(O)CC1. The second-order valence-corrected chi connectivity index (χ2v) is 6.32. The van der Waals surface area contributed by atoms with Gasteiger partial charge in [-0.3, -0.25) is 9.59 Å². The highest BCUT2D eigenvalue weighted by Gasteiger charge is 2.23. The quantitative estimate of drug-likeness (QED) is 0.927. The van der Waals surface area contributed by atoms with E-state index in [-0.39, 0.29) is 23.8 Å². The molecular weight excluding hydrogens is 323 g/mol. The number of likely N-dealkylation sites (tertiary alicyclic amines) is 1. The minimum atomic E-state index is -0.430. The molecule has 1 saturated heterocycles. The number of aromatic nitrogens is 1. The summed E-state index contributed by atoms with van der Waals surface area (Å²) in [7, 11) is 0. The molecule has 132 valence electrons. The molecule has 0 aliphatic carbocycles. The van der Waals surface area contributed by atoms with Crippen molar-refractivity contribution < 1.29 is 14.3 Å². The predicted octanol–water partition coefficient (Wildman–Crippen LogP) is 2.02. The number of nitrogens with zero attached hydrogens (tertiary/aromatic N) is 2. The van der Waals surface area contributed by atoms with Crippen molar-refractivity contribution in [3.8, 4) is 0 Å². The molecule has 1 N–H and O–H groups in total. The van der Waals surface area contributed by atoms with Crippen LogP contribution in [0, 0.1) is 5.82 Å². The first-order valence-corrected chi connectivity index (χ1v) is 8.46. The van der Waals surface area contributed by atoms with Gasteiger partial charge >= 0.3 is 0 Å². The number of aliphatic hydroxyl groups excluding tert-OH is 1. The second kappa shape index (κ2) is 7.61. The highest BCUT2D eigenvalue weighted by molar-refractivity contribution is 5.93. The predicted molar refractivity (Wildman–Crippen MR) is 92.0 cm³/mol. The van der Waals surface area contributed by atoms with Crippen LogP contribution in [0.15, 0.2) is 47.4 Å². The fraction of sp³-hybridized carbons (Fsp3) is 0.368. The lowest BCUT2D eigenvalue weighted by Crippen LogP contribution is -2.37. The molecule has 1 fully saturated rings. The second-order valence-electron chi connectivity index (χ2n) is 6.32. The molecule has 0 radical (unpaired) electrons. The molecule has 6 heteroatoms. The van der Waals surface area contributed by atoms with Gasteiger partial charge in [0.1, 0.15) is 11.4 Å². The zero-order chi connectivity index (χ0) is 17.8. The largest absolute Gasteiger partial charge is 0.393 e. The Morgan fingerprint density at radius 2 is 1.96 bits per heavy atom. The summed E-state index contributed by atoms with van der Waals surface area (Å²) in [5.74, 6) is -0.713. The van der Waals surface area contributed by atoms with Gasteiger partial charge in [-0.2, -0.15) is 0 Å². The molecule has 2 heterocycles. The summed E-state index contributed by atoms with van der Waals surface area (Å²) < 4.78 is 15.2. The third-order valence-electron chi connectivity index (χ3n) is 4.53. The van der Waals surface area contributed by atoms with Gasteiger partial charge < -0.3 is 14.6 Å². The molecule has 25 heavy (non-hydrogen) atoms. The molecule has 0 spiro atoms. The third-order valence-corrected chi connectivity index (χ3v) is 4.53. The van der Waals surface area contributed by atoms with Crippen LogP contribution >= 0.6 is 0 Å². The Hall–Kier alpha value is -2.47. The van der Waals surface area contributed by atoms with E-state index in [1.165, 1.54) is 16.7 Å². The highest BCUT2D eigenvalue weighted by Crippen LogP contribution is 2.13. The summed E-state index contributed by atoms with van der Waals surface area (Å²) in [5, 5.41) is 9.71. The summed E-state index contributed by atoms with van der Waals surface area (Å²) in [5.41, 5.74) is 0.0443. The van der Waals surface area contributed by atoms with Crippen LogP contribution in [0.2, 0.25) is 0 Å². The highest BCUT2D eigenvalue weighted by atomic mass is 19.1. The van der Waals surface area contributed by atoms with E-state index in [4.69, 9.17) is 0 Å². The standard InChI is InChI=1S/C19H21FN2O3/c20-17-8-2-1-5-14(17)13-22-11-4-7-16(19(22)25)18(24)21-10-3-6-15(23)9-12-21/h1-2,4-5,7-8,11,15,23H,3,6,9-10,12-13H2. The van der Waals surface area contributed by atoms with Crippen LogP contribution in [0.3, 0.4) is 0 Å². The maximum absolute atomic E-state index is 13.8. The van der Waals surface area contributed by atoms with E-state index in [0.717, 1.165) is 0 Å². The summed E-state index contributed by atoms with van der Waals surface area (Å²) >= 11 is 0. The van der Waals surface area contributed by atoms with Crippen LogP contribution in [0.25, 0.3) is 0 Å². The summed E-state index contributed by atoms with van der Waals surface area (Å²) in [4.78, 5) is 27.0. The Morgan fingerprint density at radius 3 is 2.76 bits per heavy atom. The number of rotatable bonds is 3. The number of hydrogen-bond donors (Lipinski definition) is 1. The molecule has 0 bridgehead atoms. The van der Waals surface area contributed by atoms with Gasteiger partial charge in [0, 0.05) is 24.8 Å². The first-order chi connectivity index (χ1) is 12.1. The van der Waals surface area contributed by atoms with Crippen molar-refractivity contribution in [2.75, 3.05) is 13.1 Å². The van der Waals surface area contributed by atoms with Crippen molar-refractivity contribution in [1.29, 1.82) is 0 Å². The third kappa shape index (κ3) is 3.96. The minimum Gasteiger partial charge on any atom is -0.393 e. The Labute approximate surface area is 145 Å². The monoisotopic (exact) mass is 344 g/mol. The van der Waals surface area contributed by atoms with Crippen molar-refractivity contribution in [1.82, 2.24) is 9.47 Å². The summed E-state index contributed by atoms with van der Waals surface area (Å²) in [6.45, 7) is 1.03. The molecular formula is C19H21FN2O3. The molecule has 5 nitrogen and oxygen atoms in total. The summed E-state index contributed by atoms with van der Waals surface area (Å²) in [6.07, 6.45) is 3.05. The van der Waals surface area contributed by atoms with Crippen molar-refractivity contribution >= 4 is 5.91 Å². The first kappa shape index (κ1) is 17.4. The Morgan fingerprint density at radius 1 is 1.16 bits per heavy atom. The molecule has 2 aromatic rings. The van der Waals surface area contributed by atoms with E-state index in [0.29, 0.717) is 37.9 Å². The zero-order valence-electron chi connectivity index (χ0n) is 13.9. The van der Waals surface area contributed by atoms with E-state index in [9.17, 15) is 19.1 Å². The molecule has 1 aliphatic rings. The minimum absolute atomic E-state index is 0.0747. The van der Waals surface area contributed by atoms with Gasteiger partial charge in [-0.1, -0.05) is 18.2 Å². The van der Waals surface area contributed by atoms with Crippen LogP contribution in [0.1, 0.15) is 35.2 Å². The van der Waals surface area contributed by atoms with Crippen LogP contribution in [0.5, 0.6) is 0 Å². The van der Waals surface area contributed by atoms with E-state index in [1.807, 2.05) is 0 Å². The molecule has 3 rings (SSSR count). The number of carbonyl (C=O) groups excluding carboxylic acids is 1. The maximum Gasteiger partial charge on any atom is 0.263 e. The van der Waals surface area contributed by atoms with E-state index >= 15 is 0 Å². The van der Waals surface area contributed by atoms with Crippen molar-refractivity contribution in [2.24, 2.45) is 0 Å². The molecule has 0 saturated carbocycles. The number of aliphatic hydroxyl groups is 1. The molecule has 1 atom stereocenters. The number of halogens is 1. The molecule has 1 unspecified atom stereocenters. The first-order valence-electron chi connectivity index (χ1n) is 8.46. The van der Waals surface area contributed by atoms with Gasteiger partial charge in [0.2, 0.25) is 0 Å². The fourth-order valence-electron chi connectivity index (χ4n) is 3.09. The number of benzene rings is 1. The smallest absolute Gasteiger partial charge is 0.263 e. The zero-order valence-corrected chi connectivity index (χ0v) is 13.9. The van der Waals surface area contributed by atoms with Gasteiger partial charge in [-0.25, -0.2) is 4.39 Å². The lowest BCUT2D eigenvalue weighted by molar-refractivity contribution is 0.0750.